The van der Waals surface area contributed by atoms with E-state index in [1.54, 1.807) is 56.3 Å². The van der Waals surface area contributed by atoms with Gasteiger partial charge in [-0.05, 0) is 28.5 Å². The number of carbonyl (C=O) groups is 1. The van der Waals surface area contributed by atoms with Crippen LogP contribution in [0.25, 0.3) is 11.1 Å². The van der Waals surface area contributed by atoms with Crippen LogP contribution in [0.15, 0.2) is 54.7 Å². The van der Waals surface area contributed by atoms with E-state index in [0.717, 1.165) is 0 Å². The molecule has 2 aromatic carbocycles. The third kappa shape index (κ3) is 3.23. The van der Waals surface area contributed by atoms with Gasteiger partial charge in [0.2, 0.25) is 5.82 Å². The Hall–Kier alpha value is -3.35. The SMILES string of the molecule is Cc1nc([N+](=O)[O-])cn1[C@H](C)C(=O)c1ccc(-c2ccccc2F)cc1. The number of aromatic nitrogens is 2. The van der Waals surface area contributed by atoms with Gasteiger partial charge in [-0.25, -0.2) is 4.39 Å². The number of imidazole rings is 1. The average Bonchev–Trinajstić information content (AvgIpc) is 3.03. The van der Waals surface area contributed by atoms with Crippen LogP contribution in [0, 0.1) is 22.9 Å². The highest BCUT2D eigenvalue weighted by atomic mass is 19.1. The monoisotopic (exact) mass is 353 g/mol. The summed E-state index contributed by atoms with van der Waals surface area (Å²) in [6.45, 7) is 3.27. The van der Waals surface area contributed by atoms with Crippen molar-refractivity contribution in [3.63, 3.8) is 0 Å². The van der Waals surface area contributed by atoms with Gasteiger partial charge in [0.15, 0.2) is 5.78 Å². The first-order valence-corrected chi connectivity index (χ1v) is 7.97. The molecule has 3 aromatic rings. The van der Waals surface area contributed by atoms with Crippen molar-refractivity contribution in [2.45, 2.75) is 19.9 Å². The lowest BCUT2D eigenvalue weighted by molar-refractivity contribution is -0.389. The maximum Gasteiger partial charge on any atom is 0.381 e. The molecular formula is C19H16FN3O3. The molecule has 0 saturated heterocycles. The number of aryl methyl sites for hydroxylation is 1. The maximum absolute atomic E-state index is 13.9. The van der Waals surface area contributed by atoms with Gasteiger partial charge in [-0.2, -0.15) is 0 Å². The van der Waals surface area contributed by atoms with Crippen molar-refractivity contribution in [1.82, 2.24) is 9.55 Å². The van der Waals surface area contributed by atoms with Crippen LogP contribution in [0.2, 0.25) is 0 Å². The van der Waals surface area contributed by atoms with Crippen molar-refractivity contribution in [3.8, 4) is 11.1 Å². The van der Waals surface area contributed by atoms with Crippen LogP contribution in [0.5, 0.6) is 0 Å². The molecule has 0 bridgehead atoms. The normalized spacial score (nSPS) is 12.0. The van der Waals surface area contributed by atoms with Crippen molar-refractivity contribution < 1.29 is 14.1 Å². The zero-order chi connectivity index (χ0) is 18.8. The lowest BCUT2D eigenvalue weighted by Gasteiger charge is -2.12. The van der Waals surface area contributed by atoms with Crippen LogP contribution in [-0.4, -0.2) is 20.3 Å². The van der Waals surface area contributed by atoms with Gasteiger partial charge in [-0.3, -0.25) is 9.36 Å². The Balaban J connectivity index is 1.86. The third-order valence-electron chi connectivity index (χ3n) is 4.24. The molecule has 0 aliphatic heterocycles. The quantitative estimate of drug-likeness (QED) is 0.388. The predicted octanol–water partition coefficient (Wildman–Crippen LogP) is 4.35. The first kappa shape index (κ1) is 17.5. The highest BCUT2D eigenvalue weighted by molar-refractivity contribution is 5.99. The van der Waals surface area contributed by atoms with Gasteiger partial charge in [-0.15, -0.1) is 0 Å². The average molecular weight is 353 g/mol. The molecule has 0 amide bonds. The Bertz CT molecular complexity index is 980. The zero-order valence-corrected chi connectivity index (χ0v) is 14.2. The standard InChI is InChI=1S/C19H16FN3O3/c1-12(22-11-18(23(25)26)21-13(22)2)19(24)15-9-7-14(8-10-15)16-5-3-4-6-17(16)20/h3-12H,1-2H3/t12-/m1/s1. The second-order valence-electron chi connectivity index (χ2n) is 5.91. The van der Waals surface area contributed by atoms with Crippen molar-refractivity contribution >= 4 is 11.6 Å². The minimum Gasteiger partial charge on any atom is -0.358 e. The number of rotatable bonds is 5. The largest absolute Gasteiger partial charge is 0.381 e. The number of halogens is 1. The second-order valence-corrected chi connectivity index (χ2v) is 5.91. The molecule has 1 aromatic heterocycles. The van der Waals surface area contributed by atoms with Gasteiger partial charge in [0, 0.05) is 18.1 Å². The van der Waals surface area contributed by atoms with Crippen LogP contribution < -0.4 is 0 Å². The number of hydrogen-bond acceptors (Lipinski definition) is 4. The molecule has 3 rings (SSSR count). The molecule has 7 heteroatoms. The Labute approximate surface area is 149 Å². The molecule has 0 N–H and O–H groups in total. The summed E-state index contributed by atoms with van der Waals surface area (Å²) in [5.41, 5.74) is 1.57. The smallest absolute Gasteiger partial charge is 0.358 e. The van der Waals surface area contributed by atoms with E-state index in [9.17, 15) is 19.3 Å². The van der Waals surface area contributed by atoms with E-state index in [1.807, 2.05) is 0 Å². The van der Waals surface area contributed by atoms with Crippen LogP contribution >= 0.6 is 0 Å². The van der Waals surface area contributed by atoms with E-state index in [2.05, 4.69) is 4.98 Å². The van der Waals surface area contributed by atoms with Crippen molar-refractivity contribution in [3.05, 3.63) is 82.0 Å². The molecule has 0 spiro atoms. The first-order chi connectivity index (χ1) is 12.4. The summed E-state index contributed by atoms with van der Waals surface area (Å²) in [5.74, 6) is -0.445. The van der Waals surface area contributed by atoms with Gasteiger partial charge in [0.25, 0.3) is 0 Å². The minimum atomic E-state index is -0.643. The summed E-state index contributed by atoms with van der Waals surface area (Å²) in [5, 5.41) is 10.8. The first-order valence-electron chi connectivity index (χ1n) is 7.97. The van der Waals surface area contributed by atoms with Gasteiger partial charge in [0.05, 0.1) is 6.04 Å². The fourth-order valence-electron chi connectivity index (χ4n) is 2.83. The molecule has 0 fully saturated rings. The van der Waals surface area contributed by atoms with Crippen LogP contribution in [0.3, 0.4) is 0 Å². The predicted molar refractivity (Wildman–Crippen MR) is 94.5 cm³/mol. The van der Waals surface area contributed by atoms with Crippen molar-refractivity contribution in [2.24, 2.45) is 0 Å². The lowest BCUT2D eigenvalue weighted by Crippen LogP contribution is -2.17. The summed E-state index contributed by atoms with van der Waals surface area (Å²) in [6, 6.07) is 12.4. The molecule has 0 saturated carbocycles. The van der Waals surface area contributed by atoms with Gasteiger partial charge >= 0.3 is 5.82 Å². The number of nitro groups is 1. The van der Waals surface area contributed by atoms with E-state index in [0.29, 0.717) is 22.5 Å². The van der Waals surface area contributed by atoms with E-state index < -0.39 is 11.0 Å². The molecule has 0 radical (unpaired) electrons. The van der Waals surface area contributed by atoms with E-state index in [-0.39, 0.29) is 17.4 Å². The van der Waals surface area contributed by atoms with Crippen LogP contribution in [0.1, 0.15) is 29.1 Å². The highest BCUT2D eigenvalue weighted by Gasteiger charge is 2.24. The number of ketones is 1. The number of Topliss-reactive ketones (excluding diaryl/α,β-unsaturated/α-hetero) is 1. The molecule has 1 heterocycles. The minimum absolute atomic E-state index is 0.208. The van der Waals surface area contributed by atoms with Crippen LogP contribution in [0.4, 0.5) is 10.2 Å². The number of carbonyl (C=O) groups excluding carboxylic acids is 1. The second kappa shape index (κ2) is 6.87. The Morgan fingerprint density at radius 2 is 1.85 bits per heavy atom. The highest BCUT2D eigenvalue weighted by Crippen LogP contribution is 2.25. The van der Waals surface area contributed by atoms with Gasteiger partial charge < -0.3 is 10.1 Å². The number of benzene rings is 2. The van der Waals surface area contributed by atoms with Gasteiger partial charge in [0.1, 0.15) is 12.0 Å². The Morgan fingerprint density at radius 1 is 1.19 bits per heavy atom. The summed E-state index contributed by atoms with van der Waals surface area (Å²) in [7, 11) is 0. The van der Waals surface area contributed by atoms with E-state index >= 15 is 0 Å². The Morgan fingerprint density at radius 3 is 2.42 bits per heavy atom. The maximum atomic E-state index is 13.9. The zero-order valence-electron chi connectivity index (χ0n) is 14.2. The van der Waals surface area contributed by atoms with E-state index in [1.165, 1.54) is 16.8 Å². The molecule has 0 aliphatic rings. The summed E-state index contributed by atoms with van der Waals surface area (Å²) < 4.78 is 15.3. The van der Waals surface area contributed by atoms with Crippen LogP contribution in [-0.2, 0) is 0 Å². The fraction of sp³-hybridized carbons (Fsp3) is 0.158. The molecule has 6 nitrogen and oxygen atoms in total. The van der Waals surface area contributed by atoms with Crippen molar-refractivity contribution in [2.75, 3.05) is 0 Å². The van der Waals surface area contributed by atoms with Crippen molar-refractivity contribution in [1.29, 1.82) is 0 Å². The fourth-order valence-corrected chi connectivity index (χ4v) is 2.83. The number of nitrogens with zero attached hydrogens (tertiary/aromatic N) is 3. The van der Waals surface area contributed by atoms with Gasteiger partial charge in [-0.1, -0.05) is 42.5 Å². The van der Waals surface area contributed by atoms with E-state index in [4.69, 9.17) is 0 Å². The molecule has 0 aliphatic carbocycles. The molecule has 0 unspecified atom stereocenters. The lowest BCUT2D eigenvalue weighted by atomic mass is 10.00. The summed E-state index contributed by atoms with van der Waals surface area (Å²) in [4.78, 5) is 26.8. The molecule has 1 atom stereocenters. The topological polar surface area (TPSA) is 78.0 Å². The Kier molecular flexibility index (Phi) is 4.62. The summed E-state index contributed by atoms with van der Waals surface area (Å²) in [6.07, 6.45) is 1.26. The summed E-state index contributed by atoms with van der Waals surface area (Å²) >= 11 is 0. The number of hydrogen-bond donors (Lipinski definition) is 0. The molecule has 132 valence electrons. The third-order valence-corrected chi connectivity index (χ3v) is 4.24. The molecule has 26 heavy (non-hydrogen) atoms. The molecular weight excluding hydrogens is 337 g/mol.